The van der Waals surface area contributed by atoms with Crippen molar-refractivity contribution in [3.63, 3.8) is 0 Å². The number of rotatable bonds is 3. The first-order valence-electron chi connectivity index (χ1n) is 4.87. The third-order valence-corrected chi connectivity index (χ3v) is 4.00. The van der Waals surface area contributed by atoms with Crippen molar-refractivity contribution in [2.75, 3.05) is 0 Å². The number of aromatic nitrogens is 1. The molecule has 0 saturated carbocycles. The molecule has 2 aromatic heterocycles. The van der Waals surface area contributed by atoms with Gasteiger partial charge in [-0.05, 0) is 18.2 Å². The Kier molecular flexibility index (Phi) is 4.28. The van der Waals surface area contributed by atoms with Crippen molar-refractivity contribution in [3.05, 3.63) is 49.3 Å². The van der Waals surface area contributed by atoms with Crippen molar-refractivity contribution in [1.29, 1.82) is 0 Å². The van der Waals surface area contributed by atoms with Crippen LogP contribution < -0.4 is 5.73 Å². The van der Waals surface area contributed by atoms with E-state index in [0.717, 1.165) is 9.21 Å². The average molecular weight is 308 g/mol. The van der Waals surface area contributed by atoms with Gasteiger partial charge in [-0.2, -0.15) is 0 Å². The van der Waals surface area contributed by atoms with Crippen LogP contribution in [0, 0.1) is 0 Å². The molecular weight excluding hydrogens is 299 g/mol. The lowest BCUT2D eigenvalue weighted by atomic mass is 10.1. The molecule has 2 aromatic rings. The SMILES string of the molecule is NC(Cc1ccc(Cl)s1)c1ncc(Cl)cc1Cl. The fraction of sp³-hybridized carbons (Fsp3) is 0.182. The normalized spacial score (nSPS) is 12.7. The number of thiophene rings is 1. The zero-order valence-corrected chi connectivity index (χ0v) is 11.7. The molecule has 0 radical (unpaired) electrons. The summed E-state index contributed by atoms with van der Waals surface area (Å²) in [5, 5.41) is 0.998. The van der Waals surface area contributed by atoms with E-state index in [1.807, 2.05) is 12.1 Å². The second kappa shape index (κ2) is 5.55. The van der Waals surface area contributed by atoms with Crippen molar-refractivity contribution >= 4 is 46.1 Å². The lowest BCUT2D eigenvalue weighted by molar-refractivity contribution is 0.704. The topological polar surface area (TPSA) is 38.9 Å². The molecule has 0 spiro atoms. The van der Waals surface area contributed by atoms with Gasteiger partial charge in [-0.15, -0.1) is 11.3 Å². The van der Waals surface area contributed by atoms with Gasteiger partial charge in [0.2, 0.25) is 0 Å². The highest BCUT2D eigenvalue weighted by Crippen LogP contribution is 2.28. The molecule has 0 bridgehead atoms. The molecule has 0 aliphatic carbocycles. The van der Waals surface area contributed by atoms with Crippen molar-refractivity contribution in [2.45, 2.75) is 12.5 Å². The third kappa shape index (κ3) is 3.33. The molecule has 1 atom stereocenters. The largest absolute Gasteiger partial charge is 0.322 e. The average Bonchev–Trinajstić information content (AvgIpc) is 2.63. The summed E-state index contributed by atoms with van der Waals surface area (Å²) in [7, 11) is 0. The Morgan fingerprint density at radius 1 is 1.29 bits per heavy atom. The quantitative estimate of drug-likeness (QED) is 0.916. The lowest BCUT2D eigenvalue weighted by Crippen LogP contribution is -2.14. The van der Waals surface area contributed by atoms with Crippen molar-refractivity contribution in [2.24, 2.45) is 5.73 Å². The zero-order valence-electron chi connectivity index (χ0n) is 8.66. The minimum Gasteiger partial charge on any atom is -0.322 e. The Morgan fingerprint density at radius 2 is 2.06 bits per heavy atom. The summed E-state index contributed by atoms with van der Waals surface area (Å²) in [6.45, 7) is 0. The molecule has 0 fully saturated rings. The van der Waals surface area contributed by atoms with Crippen LogP contribution in [-0.4, -0.2) is 4.98 Å². The molecule has 90 valence electrons. The number of pyridine rings is 1. The number of nitrogens with zero attached hydrogens (tertiary/aromatic N) is 1. The number of nitrogens with two attached hydrogens (primary N) is 1. The monoisotopic (exact) mass is 306 g/mol. The van der Waals surface area contributed by atoms with E-state index in [1.54, 1.807) is 12.3 Å². The Morgan fingerprint density at radius 3 is 2.65 bits per heavy atom. The number of hydrogen-bond acceptors (Lipinski definition) is 3. The molecule has 6 heteroatoms. The predicted molar refractivity (Wildman–Crippen MR) is 74.2 cm³/mol. The Balaban J connectivity index is 2.17. The molecule has 1 unspecified atom stereocenters. The van der Waals surface area contributed by atoms with Gasteiger partial charge in [0.1, 0.15) is 0 Å². The molecule has 0 aliphatic heterocycles. The van der Waals surface area contributed by atoms with Gasteiger partial charge in [-0.3, -0.25) is 4.98 Å². The first-order chi connectivity index (χ1) is 8.06. The molecule has 0 saturated heterocycles. The van der Waals surface area contributed by atoms with Crippen LogP contribution in [0.2, 0.25) is 14.4 Å². The van der Waals surface area contributed by atoms with Gasteiger partial charge < -0.3 is 5.73 Å². The van der Waals surface area contributed by atoms with E-state index < -0.39 is 0 Å². The molecule has 0 aliphatic rings. The van der Waals surface area contributed by atoms with Crippen LogP contribution >= 0.6 is 46.1 Å². The second-order valence-electron chi connectivity index (χ2n) is 3.54. The molecule has 17 heavy (non-hydrogen) atoms. The summed E-state index contributed by atoms with van der Waals surface area (Å²) in [5.74, 6) is 0. The van der Waals surface area contributed by atoms with Gasteiger partial charge in [0.05, 0.1) is 26.1 Å². The number of halogens is 3. The van der Waals surface area contributed by atoms with Crippen molar-refractivity contribution in [1.82, 2.24) is 4.98 Å². The van der Waals surface area contributed by atoms with Crippen LogP contribution in [0.5, 0.6) is 0 Å². The van der Waals surface area contributed by atoms with Gasteiger partial charge in [0.15, 0.2) is 0 Å². The zero-order chi connectivity index (χ0) is 12.4. The van der Waals surface area contributed by atoms with Crippen LogP contribution in [-0.2, 0) is 6.42 Å². The Hall–Kier alpha value is -0.320. The van der Waals surface area contributed by atoms with E-state index in [2.05, 4.69) is 4.98 Å². The third-order valence-electron chi connectivity index (χ3n) is 2.24. The van der Waals surface area contributed by atoms with Crippen molar-refractivity contribution < 1.29 is 0 Å². The first-order valence-corrected chi connectivity index (χ1v) is 6.82. The maximum absolute atomic E-state index is 6.06. The van der Waals surface area contributed by atoms with Gasteiger partial charge in [0.25, 0.3) is 0 Å². The molecule has 2 N–H and O–H groups in total. The highest BCUT2D eigenvalue weighted by molar-refractivity contribution is 7.16. The second-order valence-corrected chi connectivity index (χ2v) is 6.18. The van der Waals surface area contributed by atoms with E-state index >= 15 is 0 Å². The van der Waals surface area contributed by atoms with Crippen LogP contribution in [0.15, 0.2) is 24.4 Å². The summed E-state index contributed by atoms with van der Waals surface area (Å²) in [6.07, 6.45) is 2.20. The van der Waals surface area contributed by atoms with Gasteiger partial charge in [-0.25, -0.2) is 0 Å². The predicted octanol–water partition coefficient (Wildman–Crippen LogP) is 4.35. The van der Waals surface area contributed by atoms with Crippen LogP contribution in [0.1, 0.15) is 16.6 Å². The molecule has 0 amide bonds. The standard InChI is InChI=1S/C11H9Cl3N2S/c12-6-3-8(13)11(16-5-6)9(15)4-7-1-2-10(14)17-7/h1-3,5,9H,4,15H2. The van der Waals surface area contributed by atoms with Gasteiger partial charge in [-0.1, -0.05) is 34.8 Å². The molecule has 2 nitrogen and oxygen atoms in total. The minimum atomic E-state index is -0.255. The van der Waals surface area contributed by atoms with E-state index in [1.165, 1.54) is 11.3 Å². The summed E-state index contributed by atoms with van der Waals surface area (Å²) >= 11 is 19.2. The maximum atomic E-state index is 6.06. The van der Waals surface area contributed by atoms with Gasteiger partial charge >= 0.3 is 0 Å². The fourth-order valence-corrected chi connectivity index (χ4v) is 3.14. The maximum Gasteiger partial charge on any atom is 0.0931 e. The van der Waals surface area contributed by atoms with E-state index in [0.29, 0.717) is 22.2 Å². The minimum absolute atomic E-state index is 0.255. The fourth-order valence-electron chi connectivity index (χ4n) is 1.47. The summed E-state index contributed by atoms with van der Waals surface area (Å²) < 4.78 is 0.752. The number of hydrogen-bond donors (Lipinski definition) is 1. The Bertz CT molecular complexity index is 527. The highest BCUT2D eigenvalue weighted by atomic mass is 35.5. The molecule has 2 heterocycles. The Labute approximate surface area is 118 Å². The first kappa shape index (κ1) is 13.1. The smallest absolute Gasteiger partial charge is 0.0931 e. The summed E-state index contributed by atoms with van der Waals surface area (Å²) in [6, 6.07) is 5.20. The van der Waals surface area contributed by atoms with E-state index in [-0.39, 0.29) is 6.04 Å². The lowest BCUT2D eigenvalue weighted by Gasteiger charge is -2.11. The van der Waals surface area contributed by atoms with E-state index in [9.17, 15) is 0 Å². The summed E-state index contributed by atoms with van der Waals surface area (Å²) in [5.41, 5.74) is 6.71. The van der Waals surface area contributed by atoms with Crippen molar-refractivity contribution in [3.8, 4) is 0 Å². The van der Waals surface area contributed by atoms with E-state index in [4.69, 9.17) is 40.5 Å². The van der Waals surface area contributed by atoms with Crippen LogP contribution in [0.3, 0.4) is 0 Å². The van der Waals surface area contributed by atoms with Crippen LogP contribution in [0.4, 0.5) is 0 Å². The molecule has 2 rings (SSSR count). The summed E-state index contributed by atoms with van der Waals surface area (Å²) in [4.78, 5) is 5.27. The van der Waals surface area contributed by atoms with Gasteiger partial charge in [0, 0.05) is 17.5 Å². The molecule has 0 aromatic carbocycles. The van der Waals surface area contributed by atoms with Crippen LogP contribution in [0.25, 0.3) is 0 Å². The molecular formula is C11H9Cl3N2S. The highest BCUT2D eigenvalue weighted by Gasteiger charge is 2.14.